The molecule has 3 aromatic heterocycles. The Bertz CT molecular complexity index is 1050. The van der Waals surface area contributed by atoms with Gasteiger partial charge >= 0.3 is 0 Å². The minimum absolute atomic E-state index is 0.00899. The second-order valence-corrected chi connectivity index (χ2v) is 9.09. The molecule has 1 aliphatic rings. The van der Waals surface area contributed by atoms with E-state index < -0.39 is 0 Å². The lowest BCUT2D eigenvalue weighted by Crippen LogP contribution is -2.26. The highest BCUT2D eigenvalue weighted by atomic mass is 32.2. The molecule has 0 saturated carbocycles. The van der Waals surface area contributed by atoms with Gasteiger partial charge in [0.15, 0.2) is 0 Å². The quantitative estimate of drug-likeness (QED) is 0.548. The van der Waals surface area contributed by atoms with Crippen LogP contribution in [0.5, 0.6) is 0 Å². The van der Waals surface area contributed by atoms with Gasteiger partial charge in [0.05, 0.1) is 23.1 Å². The van der Waals surface area contributed by atoms with Gasteiger partial charge in [0.1, 0.15) is 10.7 Å². The Morgan fingerprint density at radius 2 is 2.32 bits per heavy atom. The number of fused-ring (bicyclic) bond motifs is 3. The van der Waals surface area contributed by atoms with Crippen LogP contribution in [0.2, 0.25) is 0 Å². The molecule has 2 N–H and O–H groups in total. The Morgan fingerprint density at radius 3 is 3.14 bits per heavy atom. The summed E-state index contributed by atoms with van der Waals surface area (Å²) in [5.74, 6) is 1.54. The summed E-state index contributed by atoms with van der Waals surface area (Å²) < 4.78 is 1.78. The van der Waals surface area contributed by atoms with Crippen LogP contribution in [0.4, 0.5) is 0 Å². The van der Waals surface area contributed by atoms with Crippen molar-refractivity contribution in [3.8, 4) is 0 Å². The molecule has 0 unspecified atom stereocenters. The molecule has 4 rings (SSSR count). The van der Waals surface area contributed by atoms with Gasteiger partial charge in [-0.05, 0) is 43.2 Å². The van der Waals surface area contributed by atoms with Crippen molar-refractivity contribution in [1.29, 1.82) is 0 Å². The molecule has 1 amide bonds. The zero-order valence-corrected chi connectivity index (χ0v) is 17.4. The average molecular weight is 418 g/mol. The molecule has 0 aromatic carbocycles. The molecule has 1 aliphatic carbocycles. The zero-order valence-electron chi connectivity index (χ0n) is 15.8. The third kappa shape index (κ3) is 4.30. The molecular formula is C19H23N5O2S2. The molecule has 0 spiro atoms. The van der Waals surface area contributed by atoms with Crippen LogP contribution in [0, 0.1) is 0 Å². The normalized spacial score (nSPS) is 13.2. The number of aromatic amines is 1. The Kier molecular flexibility index (Phi) is 5.82. The molecule has 9 heteroatoms. The number of thioether (sulfide) groups is 1. The molecule has 3 heterocycles. The molecule has 0 bridgehead atoms. The van der Waals surface area contributed by atoms with Crippen molar-refractivity contribution < 1.29 is 4.79 Å². The van der Waals surface area contributed by atoms with Crippen molar-refractivity contribution in [1.82, 2.24) is 25.1 Å². The highest BCUT2D eigenvalue weighted by Gasteiger charge is 2.21. The van der Waals surface area contributed by atoms with Gasteiger partial charge in [-0.3, -0.25) is 14.3 Å². The standard InChI is InChI=1S/C19H23N5O2S2/c1-24-9-12(8-21-24)4-3-7-20-16(25)11-27-10-15-22-18(26)17-13-5-2-6-14(13)28-19(17)23-15/h8-9H,2-7,10-11H2,1H3,(H,20,25)(H,22,23,26). The Morgan fingerprint density at radius 1 is 1.43 bits per heavy atom. The maximum absolute atomic E-state index is 12.4. The van der Waals surface area contributed by atoms with E-state index in [2.05, 4.69) is 20.4 Å². The predicted molar refractivity (Wildman–Crippen MR) is 113 cm³/mol. The lowest BCUT2D eigenvalue weighted by atomic mass is 10.2. The van der Waals surface area contributed by atoms with Gasteiger partial charge in [-0.2, -0.15) is 5.10 Å². The fraction of sp³-hybridized carbons (Fsp3) is 0.474. The van der Waals surface area contributed by atoms with Crippen molar-refractivity contribution in [2.45, 2.75) is 37.9 Å². The summed E-state index contributed by atoms with van der Waals surface area (Å²) in [6, 6.07) is 0. The minimum atomic E-state index is -0.0418. The third-order valence-electron chi connectivity index (χ3n) is 4.82. The van der Waals surface area contributed by atoms with E-state index in [1.165, 1.54) is 27.8 Å². The summed E-state index contributed by atoms with van der Waals surface area (Å²) in [4.78, 5) is 34.1. The van der Waals surface area contributed by atoms with Crippen LogP contribution < -0.4 is 10.9 Å². The molecule has 28 heavy (non-hydrogen) atoms. The maximum Gasteiger partial charge on any atom is 0.259 e. The van der Waals surface area contributed by atoms with Crippen LogP contribution >= 0.6 is 23.1 Å². The third-order valence-corrected chi connectivity index (χ3v) is 6.95. The molecule has 148 valence electrons. The van der Waals surface area contributed by atoms with Crippen molar-refractivity contribution in [3.05, 3.63) is 44.6 Å². The molecule has 3 aromatic rings. The molecule has 7 nitrogen and oxygen atoms in total. The summed E-state index contributed by atoms with van der Waals surface area (Å²) in [7, 11) is 1.90. The first kappa shape index (κ1) is 19.2. The van der Waals surface area contributed by atoms with Gasteiger partial charge in [-0.1, -0.05) is 0 Å². The number of hydrogen-bond acceptors (Lipinski definition) is 6. The fourth-order valence-corrected chi connectivity index (χ4v) is 5.53. The summed E-state index contributed by atoms with van der Waals surface area (Å²) >= 11 is 3.11. The topological polar surface area (TPSA) is 92.7 Å². The number of hydrogen-bond donors (Lipinski definition) is 2. The van der Waals surface area contributed by atoms with E-state index in [1.807, 2.05) is 19.4 Å². The number of rotatable bonds is 8. The number of carbonyl (C=O) groups excluding carboxylic acids is 1. The number of nitrogens with one attached hydrogen (secondary N) is 2. The van der Waals surface area contributed by atoms with E-state index in [9.17, 15) is 9.59 Å². The number of aromatic nitrogens is 4. The summed E-state index contributed by atoms with van der Waals surface area (Å²) in [5.41, 5.74) is 2.33. The second kappa shape index (κ2) is 8.48. The van der Waals surface area contributed by atoms with Crippen LogP contribution in [-0.2, 0) is 36.9 Å². The Hall–Kier alpha value is -2.13. The Labute approximate surface area is 170 Å². The first-order chi connectivity index (χ1) is 13.6. The van der Waals surface area contributed by atoms with E-state index in [1.54, 1.807) is 16.0 Å². The van der Waals surface area contributed by atoms with E-state index in [0.717, 1.165) is 42.3 Å². The van der Waals surface area contributed by atoms with Gasteiger partial charge in [0, 0.05) is 24.7 Å². The van der Waals surface area contributed by atoms with Gasteiger partial charge in [-0.25, -0.2) is 4.98 Å². The smallest absolute Gasteiger partial charge is 0.259 e. The van der Waals surface area contributed by atoms with Crippen molar-refractivity contribution in [3.63, 3.8) is 0 Å². The zero-order chi connectivity index (χ0) is 19.5. The maximum atomic E-state index is 12.4. The summed E-state index contributed by atoms with van der Waals surface area (Å²) in [6.45, 7) is 0.649. The number of carbonyl (C=O) groups is 1. The molecular weight excluding hydrogens is 394 g/mol. The van der Waals surface area contributed by atoms with Crippen LogP contribution in [-0.4, -0.2) is 38.0 Å². The van der Waals surface area contributed by atoms with Gasteiger partial charge < -0.3 is 10.3 Å². The SMILES string of the molecule is Cn1cc(CCCNC(=O)CSCc2nc3sc4c(c3c(=O)[nH]2)CCC4)cn1. The lowest BCUT2D eigenvalue weighted by molar-refractivity contribution is -0.118. The van der Waals surface area contributed by atoms with Crippen LogP contribution in [0.1, 0.15) is 34.7 Å². The number of H-pyrrole nitrogens is 1. The highest BCUT2D eigenvalue weighted by molar-refractivity contribution is 7.99. The predicted octanol–water partition coefficient (Wildman–Crippen LogP) is 2.19. The number of aryl methyl sites for hydroxylation is 4. The first-order valence-corrected chi connectivity index (χ1v) is 11.4. The van der Waals surface area contributed by atoms with E-state index in [4.69, 9.17) is 0 Å². The monoisotopic (exact) mass is 417 g/mol. The van der Waals surface area contributed by atoms with E-state index >= 15 is 0 Å². The lowest BCUT2D eigenvalue weighted by Gasteiger charge is -2.05. The largest absolute Gasteiger partial charge is 0.355 e. The number of nitrogens with zero attached hydrogens (tertiary/aromatic N) is 3. The van der Waals surface area contributed by atoms with Crippen LogP contribution in [0.3, 0.4) is 0 Å². The Balaban J connectivity index is 1.22. The summed E-state index contributed by atoms with van der Waals surface area (Å²) in [5, 5.41) is 7.85. The van der Waals surface area contributed by atoms with E-state index in [-0.39, 0.29) is 11.5 Å². The number of amides is 1. The van der Waals surface area contributed by atoms with E-state index in [0.29, 0.717) is 23.9 Å². The van der Waals surface area contributed by atoms with Gasteiger partial charge in [-0.15, -0.1) is 23.1 Å². The molecule has 0 aliphatic heterocycles. The molecule has 0 saturated heterocycles. The molecule has 0 radical (unpaired) electrons. The van der Waals surface area contributed by atoms with Crippen molar-refractivity contribution >= 4 is 39.2 Å². The highest BCUT2D eigenvalue weighted by Crippen LogP contribution is 2.34. The molecule has 0 fully saturated rings. The van der Waals surface area contributed by atoms with Crippen molar-refractivity contribution in [2.75, 3.05) is 12.3 Å². The van der Waals surface area contributed by atoms with Crippen LogP contribution in [0.15, 0.2) is 17.2 Å². The first-order valence-electron chi connectivity index (χ1n) is 9.45. The number of thiophene rings is 1. The second-order valence-electron chi connectivity index (χ2n) is 7.02. The average Bonchev–Trinajstić information content (AvgIpc) is 3.34. The fourth-order valence-electron chi connectivity index (χ4n) is 3.53. The van der Waals surface area contributed by atoms with Crippen molar-refractivity contribution in [2.24, 2.45) is 7.05 Å². The van der Waals surface area contributed by atoms with Gasteiger partial charge in [0.2, 0.25) is 5.91 Å². The van der Waals surface area contributed by atoms with Crippen LogP contribution in [0.25, 0.3) is 10.2 Å². The summed E-state index contributed by atoms with van der Waals surface area (Å²) in [6.07, 6.45) is 8.80. The van der Waals surface area contributed by atoms with Gasteiger partial charge in [0.25, 0.3) is 5.56 Å². The minimum Gasteiger partial charge on any atom is -0.355 e. The molecule has 0 atom stereocenters.